The maximum absolute atomic E-state index is 9.06. The molecular formula is C9H16N2O. The van der Waals surface area contributed by atoms with E-state index in [1.54, 1.807) is 37.4 Å². The molecule has 0 heterocycles. The highest BCUT2D eigenvalue weighted by Crippen LogP contribution is 1.94. The summed E-state index contributed by atoms with van der Waals surface area (Å²) in [5.74, 6) is 0. The summed E-state index contributed by atoms with van der Waals surface area (Å²) in [5.41, 5.74) is 0.859. The first-order valence-electron chi connectivity index (χ1n) is 3.81. The zero-order valence-electron chi connectivity index (χ0n) is 7.86. The Morgan fingerprint density at radius 3 is 2.67 bits per heavy atom. The number of rotatable bonds is 4. The van der Waals surface area contributed by atoms with Gasteiger partial charge in [-0.1, -0.05) is 12.7 Å². The van der Waals surface area contributed by atoms with E-state index in [9.17, 15) is 0 Å². The van der Waals surface area contributed by atoms with Gasteiger partial charge in [-0.15, -0.1) is 0 Å². The van der Waals surface area contributed by atoms with Crippen LogP contribution in [0.3, 0.4) is 0 Å². The molecule has 0 aliphatic carbocycles. The SMILES string of the molecule is C=C/C=C(C)/N=C\N(C)C(C)O. The Kier molecular flexibility index (Phi) is 5.04. The summed E-state index contributed by atoms with van der Waals surface area (Å²) in [7, 11) is 1.76. The van der Waals surface area contributed by atoms with Crippen molar-refractivity contribution in [2.45, 2.75) is 20.1 Å². The molecule has 0 aliphatic rings. The van der Waals surface area contributed by atoms with Crippen LogP contribution < -0.4 is 0 Å². The number of aliphatic hydroxyl groups excluding tert-OH is 1. The standard InChI is InChI=1S/C9H16N2O/c1-5-6-8(2)10-7-11(4)9(3)12/h5-7,9,12H,1H2,2-4H3/b8-6+,10-7-. The topological polar surface area (TPSA) is 35.8 Å². The highest BCUT2D eigenvalue weighted by molar-refractivity contribution is 5.56. The first kappa shape index (κ1) is 10.9. The van der Waals surface area contributed by atoms with Gasteiger partial charge in [0.05, 0.1) is 6.34 Å². The molecule has 0 bridgehead atoms. The predicted molar refractivity (Wildman–Crippen MR) is 51.9 cm³/mol. The summed E-state index contributed by atoms with van der Waals surface area (Å²) in [5, 5.41) is 9.06. The van der Waals surface area contributed by atoms with Gasteiger partial charge in [0.1, 0.15) is 6.23 Å². The molecule has 0 fully saturated rings. The third kappa shape index (κ3) is 4.68. The van der Waals surface area contributed by atoms with E-state index in [0.717, 1.165) is 5.70 Å². The van der Waals surface area contributed by atoms with Crippen LogP contribution >= 0.6 is 0 Å². The molecule has 12 heavy (non-hydrogen) atoms. The Labute approximate surface area is 73.7 Å². The van der Waals surface area contributed by atoms with Crippen molar-refractivity contribution < 1.29 is 5.11 Å². The third-order valence-corrected chi connectivity index (χ3v) is 1.39. The second-order valence-corrected chi connectivity index (χ2v) is 2.59. The first-order chi connectivity index (χ1) is 5.57. The monoisotopic (exact) mass is 168 g/mol. The first-order valence-corrected chi connectivity index (χ1v) is 3.81. The predicted octanol–water partition coefficient (Wildman–Crippen LogP) is 1.37. The highest BCUT2D eigenvalue weighted by atomic mass is 16.3. The van der Waals surface area contributed by atoms with E-state index < -0.39 is 6.23 Å². The Bertz CT molecular complexity index is 195. The van der Waals surface area contributed by atoms with Gasteiger partial charge in [0.15, 0.2) is 0 Å². The van der Waals surface area contributed by atoms with Crippen LogP contribution in [0.5, 0.6) is 0 Å². The van der Waals surface area contributed by atoms with Crippen molar-refractivity contribution in [3.8, 4) is 0 Å². The molecule has 0 aromatic rings. The Hall–Kier alpha value is -1.09. The largest absolute Gasteiger partial charge is 0.374 e. The summed E-state index contributed by atoms with van der Waals surface area (Å²) in [6.07, 6.45) is 4.55. The second-order valence-electron chi connectivity index (χ2n) is 2.59. The minimum atomic E-state index is -0.509. The molecule has 0 saturated heterocycles. The summed E-state index contributed by atoms with van der Waals surface area (Å²) in [4.78, 5) is 5.68. The van der Waals surface area contributed by atoms with Crippen LogP contribution in [0.4, 0.5) is 0 Å². The molecule has 0 saturated carbocycles. The highest BCUT2D eigenvalue weighted by Gasteiger charge is 1.96. The zero-order chi connectivity index (χ0) is 9.56. The zero-order valence-corrected chi connectivity index (χ0v) is 7.86. The molecule has 3 nitrogen and oxygen atoms in total. The van der Waals surface area contributed by atoms with Crippen molar-refractivity contribution in [3.05, 3.63) is 24.4 Å². The lowest BCUT2D eigenvalue weighted by molar-refractivity contribution is 0.0912. The molecule has 1 N–H and O–H groups in total. The minimum absolute atomic E-state index is 0.509. The van der Waals surface area contributed by atoms with Gasteiger partial charge in [0.25, 0.3) is 0 Å². The van der Waals surface area contributed by atoms with Crippen LogP contribution in [0.1, 0.15) is 13.8 Å². The molecule has 0 aromatic carbocycles. The number of hydrogen-bond donors (Lipinski definition) is 1. The molecule has 1 atom stereocenters. The van der Waals surface area contributed by atoms with Gasteiger partial charge in [0.2, 0.25) is 0 Å². The van der Waals surface area contributed by atoms with Crippen molar-refractivity contribution in [1.29, 1.82) is 0 Å². The minimum Gasteiger partial charge on any atom is -0.374 e. The van der Waals surface area contributed by atoms with Crippen molar-refractivity contribution in [2.75, 3.05) is 7.05 Å². The van der Waals surface area contributed by atoms with Crippen LogP contribution in [0.15, 0.2) is 29.4 Å². The molecular weight excluding hydrogens is 152 g/mol. The number of nitrogens with zero attached hydrogens (tertiary/aromatic N) is 2. The van der Waals surface area contributed by atoms with E-state index in [1.165, 1.54) is 0 Å². The van der Waals surface area contributed by atoms with E-state index in [2.05, 4.69) is 11.6 Å². The normalized spacial score (nSPS) is 14.8. The van der Waals surface area contributed by atoms with Crippen LogP contribution in [0.2, 0.25) is 0 Å². The van der Waals surface area contributed by atoms with E-state index >= 15 is 0 Å². The van der Waals surface area contributed by atoms with Gasteiger partial charge >= 0.3 is 0 Å². The van der Waals surface area contributed by atoms with Crippen LogP contribution in [-0.4, -0.2) is 29.6 Å². The molecule has 0 spiro atoms. The van der Waals surface area contributed by atoms with Crippen molar-refractivity contribution in [2.24, 2.45) is 4.99 Å². The molecule has 0 aliphatic heterocycles. The lowest BCUT2D eigenvalue weighted by atomic mass is 10.4. The molecule has 1 unspecified atom stereocenters. The van der Waals surface area contributed by atoms with E-state index in [1.807, 2.05) is 6.92 Å². The summed E-state index contributed by atoms with van der Waals surface area (Å²) < 4.78 is 0. The molecule has 0 radical (unpaired) electrons. The van der Waals surface area contributed by atoms with E-state index in [0.29, 0.717) is 0 Å². The average Bonchev–Trinajstić information content (AvgIpc) is 2.00. The second kappa shape index (κ2) is 5.55. The molecule has 0 aromatic heterocycles. The van der Waals surface area contributed by atoms with Crippen molar-refractivity contribution >= 4 is 6.34 Å². The fraction of sp³-hybridized carbons (Fsp3) is 0.444. The molecule has 0 rings (SSSR count). The summed E-state index contributed by atoms with van der Waals surface area (Å²) in [6, 6.07) is 0. The van der Waals surface area contributed by atoms with Gasteiger partial charge in [0, 0.05) is 12.7 Å². The Morgan fingerprint density at radius 2 is 2.25 bits per heavy atom. The molecule has 68 valence electrons. The van der Waals surface area contributed by atoms with Gasteiger partial charge in [-0.2, -0.15) is 0 Å². The smallest absolute Gasteiger partial charge is 0.124 e. The average molecular weight is 168 g/mol. The van der Waals surface area contributed by atoms with Crippen molar-refractivity contribution in [1.82, 2.24) is 4.90 Å². The number of hydrogen-bond acceptors (Lipinski definition) is 2. The van der Waals surface area contributed by atoms with Gasteiger partial charge in [-0.3, -0.25) is 0 Å². The summed E-state index contributed by atoms with van der Waals surface area (Å²) >= 11 is 0. The lowest BCUT2D eigenvalue weighted by Gasteiger charge is -2.15. The number of aliphatic imine (C=N–C) groups is 1. The third-order valence-electron chi connectivity index (χ3n) is 1.39. The van der Waals surface area contributed by atoms with Crippen LogP contribution in [0.25, 0.3) is 0 Å². The Morgan fingerprint density at radius 1 is 1.67 bits per heavy atom. The van der Waals surface area contributed by atoms with E-state index in [4.69, 9.17) is 5.11 Å². The van der Waals surface area contributed by atoms with Gasteiger partial charge in [-0.05, 0) is 19.9 Å². The van der Waals surface area contributed by atoms with Crippen LogP contribution in [-0.2, 0) is 0 Å². The maximum Gasteiger partial charge on any atom is 0.124 e. The lowest BCUT2D eigenvalue weighted by Crippen LogP contribution is -2.26. The van der Waals surface area contributed by atoms with Gasteiger partial charge < -0.3 is 10.0 Å². The molecule has 0 amide bonds. The van der Waals surface area contributed by atoms with E-state index in [-0.39, 0.29) is 0 Å². The van der Waals surface area contributed by atoms with Gasteiger partial charge in [-0.25, -0.2) is 4.99 Å². The fourth-order valence-corrected chi connectivity index (χ4v) is 0.492. The number of aliphatic hydroxyl groups is 1. The van der Waals surface area contributed by atoms with Crippen molar-refractivity contribution in [3.63, 3.8) is 0 Å². The van der Waals surface area contributed by atoms with Crippen LogP contribution in [0, 0.1) is 0 Å². The summed E-state index contributed by atoms with van der Waals surface area (Å²) in [6.45, 7) is 7.10. The quantitative estimate of drug-likeness (QED) is 0.298. The maximum atomic E-state index is 9.06. The molecule has 3 heteroatoms. The number of allylic oxidation sites excluding steroid dienone is 3. The Balaban J connectivity index is 4.06. The fourth-order valence-electron chi connectivity index (χ4n) is 0.492.